The van der Waals surface area contributed by atoms with E-state index in [0.29, 0.717) is 16.8 Å². The number of aryl methyl sites for hydroxylation is 1. The number of nitrogens with zero attached hydrogens (tertiary/aromatic N) is 2. The van der Waals surface area contributed by atoms with Crippen LogP contribution in [0.1, 0.15) is 18.1 Å². The van der Waals surface area contributed by atoms with Crippen LogP contribution in [-0.4, -0.2) is 16.9 Å². The summed E-state index contributed by atoms with van der Waals surface area (Å²) >= 11 is 5.91. The normalized spacial score (nSPS) is 11.3. The third kappa shape index (κ3) is 4.46. The number of nitro benzene ring substituents is 1. The van der Waals surface area contributed by atoms with Gasteiger partial charge in [-0.05, 0) is 43.7 Å². The van der Waals surface area contributed by atoms with Gasteiger partial charge in [-0.1, -0.05) is 17.7 Å². The smallest absolute Gasteiger partial charge is 0.311 e. The zero-order valence-electron chi connectivity index (χ0n) is 13.4. The molecule has 1 amide bonds. The number of hydrogen-bond acceptors (Lipinski definition) is 5. The fourth-order valence-corrected chi connectivity index (χ4v) is 2.26. The highest BCUT2D eigenvalue weighted by atomic mass is 35.5. The van der Waals surface area contributed by atoms with E-state index in [1.165, 1.54) is 37.3 Å². The van der Waals surface area contributed by atoms with E-state index in [0.717, 1.165) is 0 Å². The van der Waals surface area contributed by atoms with Gasteiger partial charge in [-0.3, -0.25) is 14.9 Å². The number of nitriles is 1. The monoisotopic (exact) mass is 359 g/mol. The van der Waals surface area contributed by atoms with Crippen molar-refractivity contribution in [1.82, 2.24) is 0 Å². The number of amides is 1. The van der Waals surface area contributed by atoms with Crippen LogP contribution >= 0.6 is 11.6 Å². The van der Waals surface area contributed by atoms with Gasteiger partial charge in [0.2, 0.25) is 0 Å². The van der Waals surface area contributed by atoms with E-state index in [1.807, 2.05) is 6.07 Å². The Hall–Kier alpha value is -3.11. The van der Waals surface area contributed by atoms with E-state index < -0.39 is 16.9 Å². The molecular weight excluding hydrogens is 346 g/mol. The maximum absolute atomic E-state index is 12.2. The van der Waals surface area contributed by atoms with Crippen LogP contribution in [0.2, 0.25) is 5.02 Å². The van der Waals surface area contributed by atoms with E-state index in [9.17, 15) is 14.9 Å². The number of halogens is 1. The third-order valence-corrected chi connectivity index (χ3v) is 3.65. The summed E-state index contributed by atoms with van der Waals surface area (Å²) in [7, 11) is 0. The molecule has 128 valence electrons. The topological polar surface area (TPSA) is 105 Å². The third-order valence-electron chi connectivity index (χ3n) is 3.34. The molecule has 2 rings (SSSR count). The van der Waals surface area contributed by atoms with Crippen molar-refractivity contribution in [3.8, 4) is 11.8 Å². The number of rotatable bonds is 5. The summed E-state index contributed by atoms with van der Waals surface area (Å²) in [6.07, 6.45) is -0.976. The number of ether oxygens (including phenoxy) is 1. The minimum atomic E-state index is -0.976. The molecule has 0 aliphatic heterocycles. The van der Waals surface area contributed by atoms with Crippen LogP contribution in [0.15, 0.2) is 36.4 Å². The highest BCUT2D eigenvalue weighted by Crippen LogP contribution is 2.29. The molecule has 0 aliphatic carbocycles. The van der Waals surface area contributed by atoms with Gasteiger partial charge in [0.1, 0.15) is 6.07 Å². The van der Waals surface area contributed by atoms with Crippen LogP contribution in [-0.2, 0) is 4.79 Å². The first kappa shape index (κ1) is 18.2. The Bertz CT molecular complexity index is 877. The number of carbonyl (C=O) groups is 1. The lowest BCUT2D eigenvalue weighted by atomic mass is 10.2. The molecule has 0 fully saturated rings. The maximum atomic E-state index is 12.2. The first-order valence-corrected chi connectivity index (χ1v) is 7.62. The molecule has 0 saturated carbocycles. The van der Waals surface area contributed by atoms with Crippen molar-refractivity contribution in [2.45, 2.75) is 20.0 Å². The molecule has 0 unspecified atom stereocenters. The van der Waals surface area contributed by atoms with Crippen LogP contribution in [0.3, 0.4) is 0 Å². The van der Waals surface area contributed by atoms with Crippen LogP contribution in [0.25, 0.3) is 0 Å². The fraction of sp³-hybridized carbons (Fsp3) is 0.176. The second-order valence-electron chi connectivity index (χ2n) is 5.28. The Morgan fingerprint density at radius 2 is 2.08 bits per heavy atom. The lowest BCUT2D eigenvalue weighted by Gasteiger charge is -2.15. The lowest BCUT2D eigenvalue weighted by Crippen LogP contribution is -2.30. The van der Waals surface area contributed by atoms with E-state index in [1.54, 1.807) is 13.0 Å². The number of carbonyl (C=O) groups excluding carboxylic acids is 1. The molecule has 2 aromatic rings. The predicted molar refractivity (Wildman–Crippen MR) is 92.7 cm³/mol. The Balaban J connectivity index is 2.12. The van der Waals surface area contributed by atoms with Gasteiger partial charge in [0, 0.05) is 11.8 Å². The maximum Gasteiger partial charge on any atom is 0.311 e. The van der Waals surface area contributed by atoms with Gasteiger partial charge in [0.25, 0.3) is 5.91 Å². The average molecular weight is 360 g/mol. The molecule has 1 N–H and O–H groups in total. The summed E-state index contributed by atoms with van der Waals surface area (Å²) in [6.45, 7) is 3.20. The molecule has 0 aliphatic rings. The quantitative estimate of drug-likeness (QED) is 0.645. The highest BCUT2D eigenvalue weighted by molar-refractivity contribution is 6.32. The Labute approximate surface area is 148 Å². The Kier molecular flexibility index (Phi) is 5.57. The number of hydrogen-bond donors (Lipinski definition) is 1. The number of anilines is 1. The van der Waals surface area contributed by atoms with Crippen LogP contribution in [0.4, 0.5) is 11.4 Å². The fourth-order valence-electron chi connectivity index (χ4n) is 2.04. The standard InChI is InChI=1S/C17H14ClN3O4/c1-10-3-6-16(15(7-10)21(23)24)25-11(2)17(22)20-13-5-4-12(9-19)14(18)8-13/h3-8,11H,1-2H3,(H,20,22)/t11-/m0/s1. The van der Waals surface area contributed by atoms with Gasteiger partial charge in [-0.15, -0.1) is 0 Å². The summed E-state index contributed by atoms with van der Waals surface area (Å²) in [6, 6.07) is 10.9. The number of benzene rings is 2. The molecule has 0 bridgehead atoms. The zero-order chi connectivity index (χ0) is 18.6. The van der Waals surface area contributed by atoms with E-state index in [-0.39, 0.29) is 16.5 Å². The molecule has 0 radical (unpaired) electrons. The van der Waals surface area contributed by atoms with Gasteiger partial charge in [-0.2, -0.15) is 5.26 Å². The first-order valence-electron chi connectivity index (χ1n) is 7.24. The minimum Gasteiger partial charge on any atom is -0.474 e. The van der Waals surface area contributed by atoms with Crippen molar-refractivity contribution in [2.24, 2.45) is 0 Å². The second kappa shape index (κ2) is 7.64. The SMILES string of the molecule is Cc1ccc(O[C@@H](C)C(=O)Nc2ccc(C#N)c(Cl)c2)c([N+](=O)[O-])c1. The molecule has 0 spiro atoms. The summed E-state index contributed by atoms with van der Waals surface area (Å²) in [4.78, 5) is 22.8. The zero-order valence-corrected chi connectivity index (χ0v) is 14.2. The van der Waals surface area contributed by atoms with Crippen molar-refractivity contribution in [2.75, 3.05) is 5.32 Å². The largest absolute Gasteiger partial charge is 0.474 e. The number of nitrogens with one attached hydrogen (secondary N) is 1. The molecule has 0 heterocycles. The van der Waals surface area contributed by atoms with Crippen molar-refractivity contribution in [1.29, 1.82) is 5.26 Å². The summed E-state index contributed by atoms with van der Waals surface area (Å²) in [5.41, 5.74) is 1.19. The molecule has 7 nitrogen and oxygen atoms in total. The molecular formula is C17H14ClN3O4. The summed E-state index contributed by atoms with van der Waals surface area (Å²) < 4.78 is 5.43. The van der Waals surface area contributed by atoms with E-state index >= 15 is 0 Å². The van der Waals surface area contributed by atoms with Crippen molar-refractivity contribution >= 4 is 28.9 Å². The van der Waals surface area contributed by atoms with Gasteiger partial charge in [0.15, 0.2) is 11.9 Å². The first-order chi connectivity index (χ1) is 11.8. The predicted octanol–water partition coefficient (Wildman–Crippen LogP) is 3.83. The van der Waals surface area contributed by atoms with Crippen molar-refractivity contribution < 1.29 is 14.5 Å². The van der Waals surface area contributed by atoms with Gasteiger partial charge in [-0.25, -0.2) is 0 Å². The van der Waals surface area contributed by atoms with Crippen molar-refractivity contribution in [3.63, 3.8) is 0 Å². The molecule has 25 heavy (non-hydrogen) atoms. The highest BCUT2D eigenvalue weighted by Gasteiger charge is 2.21. The average Bonchev–Trinajstić information content (AvgIpc) is 2.56. The Morgan fingerprint density at radius 1 is 1.36 bits per heavy atom. The summed E-state index contributed by atoms with van der Waals surface area (Å²) in [5.74, 6) is -0.494. The van der Waals surface area contributed by atoms with Crippen molar-refractivity contribution in [3.05, 3.63) is 62.7 Å². The van der Waals surface area contributed by atoms with E-state index in [2.05, 4.69) is 5.32 Å². The molecule has 2 aromatic carbocycles. The molecule has 1 atom stereocenters. The van der Waals surface area contributed by atoms with E-state index in [4.69, 9.17) is 21.6 Å². The minimum absolute atomic E-state index is 0.0103. The van der Waals surface area contributed by atoms with Crippen LogP contribution in [0.5, 0.6) is 5.75 Å². The lowest BCUT2D eigenvalue weighted by molar-refractivity contribution is -0.386. The number of nitro groups is 1. The summed E-state index contributed by atoms with van der Waals surface area (Å²) in [5, 5.41) is 22.7. The van der Waals surface area contributed by atoms with Gasteiger partial charge >= 0.3 is 5.69 Å². The van der Waals surface area contributed by atoms with Gasteiger partial charge < -0.3 is 10.1 Å². The molecule has 0 saturated heterocycles. The van der Waals surface area contributed by atoms with Crippen LogP contribution < -0.4 is 10.1 Å². The second-order valence-corrected chi connectivity index (χ2v) is 5.69. The molecule has 0 aromatic heterocycles. The van der Waals surface area contributed by atoms with Crippen LogP contribution in [0, 0.1) is 28.4 Å². The molecule has 8 heteroatoms. The Morgan fingerprint density at radius 3 is 2.68 bits per heavy atom. The van der Waals surface area contributed by atoms with Gasteiger partial charge in [0.05, 0.1) is 15.5 Å².